The summed E-state index contributed by atoms with van der Waals surface area (Å²) in [6.07, 6.45) is 1.95. The fraction of sp³-hybridized carbons (Fsp3) is 0.632. The van der Waals surface area contributed by atoms with Crippen LogP contribution >= 0.6 is 0 Å². The van der Waals surface area contributed by atoms with Crippen molar-refractivity contribution in [1.82, 2.24) is 14.5 Å². The zero-order chi connectivity index (χ0) is 20.3. The molecule has 1 N–H and O–H groups in total. The minimum atomic E-state index is -3.13. The predicted molar refractivity (Wildman–Crippen MR) is 107 cm³/mol. The second-order valence-electron chi connectivity index (χ2n) is 7.60. The van der Waals surface area contributed by atoms with Crippen molar-refractivity contribution in [2.24, 2.45) is 10.9 Å². The summed E-state index contributed by atoms with van der Waals surface area (Å²) in [6.45, 7) is 5.13. The molecule has 0 bridgehead atoms. The topological polar surface area (TPSA) is 74.2 Å². The number of benzene rings is 1. The van der Waals surface area contributed by atoms with E-state index in [0.29, 0.717) is 32.7 Å². The van der Waals surface area contributed by atoms with Crippen LogP contribution in [-0.2, 0) is 14.8 Å². The third kappa shape index (κ3) is 5.21. The Balaban J connectivity index is 1.59. The average Bonchev–Trinajstić information content (AvgIpc) is 3.12. The van der Waals surface area contributed by atoms with Gasteiger partial charge in [0.05, 0.1) is 18.9 Å². The molecular weight excluding hydrogens is 383 g/mol. The van der Waals surface area contributed by atoms with Crippen LogP contribution in [0.25, 0.3) is 0 Å². The van der Waals surface area contributed by atoms with E-state index >= 15 is 0 Å². The summed E-state index contributed by atoms with van der Waals surface area (Å²) in [5.41, 5.74) is 0.938. The van der Waals surface area contributed by atoms with Crippen LogP contribution in [0.15, 0.2) is 29.3 Å². The van der Waals surface area contributed by atoms with Crippen LogP contribution in [0.3, 0.4) is 0 Å². The quantitative estimate of drug-likeness (QED) is 0.599. The molecule has 2 aliphatic heterocycles. The van der Waals surface area contributed by atoms with E-state index in [2.05, 4.69) is 15.2 Å². The Morgan fingerprint density at radius 3 is 2.61 bits per heavy atom. The second kappa shape index (κ2) is 8.75. The molecule has 3 atom stereocenters. The summed E-state index contributed by atoms with van der Waals surface area (Å²) in [7, 11) is -1.38. The number of ether oxygens (including phenoxy) is 1. The van der Waals surface area contributed by atoms with Gasteiger partial charge in [0.15, 0.2) is 5.96 Å². The summed E-state index contributed by atoms with van der Waals surface area (Å²) in [5.74, 6) is 0.777. The molecule has 0 saturated carbocycles. The van der Waals surface area contributed by atoms with Crippen molar-refractivity contribution < 1.29 is 17.5 Å². The number of guanidine groups is 1. The van der Waals surface area contributed by atoms with E-state index in [4.69, 9.17) is 4.74 Å². The number of hydrogen-bond acceptors (Lipinski definition) is 4. The maximum Gasteiger partial charge on any atom is 0.211 e. The fourth-order valence-corrected chi connectivity index (χ4v) is 4.74. The maximum atomic E-state index is 13.2. The smallest absolute Gasteiger partial charge is 0.211 e. The van der Waals surface area contributed by atoms with Gasteiger partial charge in [0.25, 0.3) is 0 Å². The first-order valence-corrected chi connectivity index (χ1v) is 11.4. The van der Waals surface area contributed by atoms with Crippen molar-refractivity contribution in [1.29, 1.82) is 0 Å². The van der Waals surface area contributed by atoms with E-state index in [1.807, 2.05) is 6.92 Å². The maximum absolute atomic E-state index is 13.2. The standard InChI is InChI=1S/C19H29FN4O3S/c1-14-11-23(13-18(27-14)16-4-6-17(20)7-5-16)19(21-2)22-10-15-8-9-24(12-15)28(3,25)26/h4-7,14-15,18H,8-13H2,1-3H3,(H,21,22). The zero-order valence-corrected chi connectivity index (χ0v) is 17.5. The van der Waals surface area contributed by atoms with Crippen molar-refractivity contribution in [3.8, 4) is 0 Å². The molecule has 0 radical (unpaired) electrons. The molecule has 0 spiro atoms. The van der Waals surface area contributed by atoms with Gasteiger partial charge >= 0.3 is 0 Å². The van der Waals surface area contributed by atoms with Gasteiger partial charge in [-0.2, -0.15) is 0 Å². The van der Waals surface area contributed by atoms with E-state index in [1.165, 1.54) is 22.7 Å². The van der Waals surface area contributed by atoms with Crippen molar-refractivity contribution >= 4 is 16.0 Å². The number of nitrogens with one attached hydrogen (secondary N) is 1. The molecule has 0 amide bonds. The molecule has 0 aliphatic carbocycles. The number of hydrogen-bond donors (Lipinski definition) is 1. The highest BCUT2D eigenvalue weighted by Crippen LogP contribution is 2.25. The number of morpholine rings is 1. The monoisotopic (exact) mass is 412 g/mol. The normalized spacial score (nSPS) is 27.2. The van der Waals surface area contributed by atoms with Crippen LogP contribution in [0.4, 0.5) is 4.39 Å². The summed E-state index contributed by atoms with van der Waals surface area (Å²) >= 11 is 0. The number of halogens is 1. The molecule has 7 nitrogen and oxygen atoms in total. The first-order chi connectivity index (χ1) is 13.3. The molecule has 2 aliphatic rings. The largest absolute Gasteiger partial charge is 0.367 e. The summed E-state index contributed by atoms with van der Waals surface area (Å²) < 4.78 is 44.2. The second-order valence-corrected chi connectivity index (χ2v) is 9.58. The Morgan fingerprint density at radius 2 is 2.00 bits per heavy atom. The van der Waals surface area contributed by atoms with Crippen LogP contribution in [-0.4, -0.2) is 75.7 Å². The van der Waals surface area contributed by atoms with Crippen molar-refractivity contribution in [3.05, 3.63) is 35.6 Å². The van der Waals surface area contributed by atoms with Crippen LogP contribution in [0.1, 0.15) is 25.0 Å². The summed E-state index contributed by atoms with van der Waals surface area (Å²) in [4.78, 5) is 6.55. The molecule has 9 heteroatoms. The van der Waals surface area contributed by atoms with Gasteiger partial charge < -0.3 is 15.0 Å². The lowest BCUT2D eigenvalue weighted by Gasteiger charge is -2.39. The molecule has 3 rings (SSSR count). The average molecular weight is 413 g/mol. The summed E-state index contributed by atoms with van der Waals surface area (Å²) in [6, 6.07) is 6.40. The van der Waals surface area contributed by atoms with Crippen LogP contribution in [0, 0.1) is 11.7 Å². The van der Waals surface area contributed by atoms with Crippen molar-refractivity contribution in [2.75, 3.05) is 46.0 Å². The number of aliphatic imine (C=N–C) groups is 1. The molecule has 1 aromatic carbocycles. The van der Waals surface area contributed by atoms with Gasteiger partial charge in [0, 0.05) is 33.2 Å². The van der Waals surface area contributed by atoms with Gasteiger partial charge in [-0.3, -0.25) is 4.99 Å². The minimum absolute atomic E-state index is 0.00885. The van der Waals surface area contributed by atoms with Crippen molar-refractivity contribution in [3.63, 3.8) is 0 Å². The summed E-state index contributed by atoms with van der Waals surface area (Å²) in [5, 5.41) is 3.39. The van der Waals surface area contributed by atoms with Gasteiger partial charge in [-0.25, -0.2) is 17.1 Å². The van der Waals surface area contributed by atoms with Crippen LogP contribution in [0.2, 0.25) is 0 Å². The first kappa shape index (κ1) is 21.0. The molecule has 2 fully saturated rings. The van der Waals surface area contributed by atoms with E-state index in [-0.39, 0.29) is 23.9 Å². The number of rotatable bonds is 4. The van der Waals surface area contributed by atoms with Crippen molar-refractivity contribution in [2.45, 2.75) is 25.6 Å². The van der Waals surface area contributed by atoms with E-state index < -0.39 is 10.0 Å². The molecule has 28 heavy (non-hydrogen) atoms. The Kier molecular flexibility index (Phi) is 6.57. The molecule has 2 saturated heterocycles. The Bertz CT molecular complexity index is 800. The lowest BCUT2D eigenvalue weighted by atomic mass is 10.1. The van der Waals surface area contributed by atoms with E-state index in [0.717, 1.165) is 17.9 Å². The molecule has 2 heterocycles. The molecular formula is C19H29FN4O3S. The fourth-order valence-electron chi connectivity index (χ4n) is 3.82. The Labute approximate surface area is 166 Å². The first-order valence-electron chi connectivity index (χ1n) is 9.58. The zero-order valence-electron chi connectivity index (χ0n) is 16.6. The Hall–Kier alpha value is -1.71. The third-order valence-corrected chi connectivity index (χ3v) is 6.55. The predicted octanol–water partition coefficient (Wildman–Crippen LogP) is 1.44. The van der Waals surface area contributed by atoms with E-state index in [9.17, 15) is 12.8 Å². The molecule has 1 aromatic rings. The highest BCUT2D eigenvalue weighted by atomic mass is 32.2. The van der Waals surface area contributed by atoms with Gasteiger partial charge in [0.1, 0.15) is 11.9 Å². The molecule has 3 unspecified atom stereocenters. The number of sulfonamides is 1. The van der Waals surface area contributed by atoms with Crippen LogP contribution < -0.4 is 5.32 Å². The lowest BCUT2D eigenvalue weighted by molar-refractivity contribution is -0.0605. The molecule has 0 aromatic heterocycles. The van der Waals surface area contributed by atoms with Gasteiger partial charge in [-0.1, -0.05) is 12.1 Å². The lowest BCUT2D eigenvalue weighted by Crippen LogP contribution is -2.51. The minimum Gasteiger partial charge on any atom is -0.367 e. The highest BCUT2D eigenvalue weighted by molar-refractivity contribution is 7.88. The van der Waals surface area contributed by atoms with Gasteiger partial charge in [-0.15, -0.1) is 0 Å². The van der Waals surface area contributed by atoms with Gasteiger partial charge in [0.2, 0.25) is 10.0 Å². The SMILES string of the molecule is CN=C(NCC1CCN(S(C)(=O)=O)C1)N1CC(C)OC(c2ccc(F)cc2)C1. The van der Waals surface area contributed by atoms with E-state index in [1.54, 1.807) is 19.2 Å². The van der Waals surface area contributed by atoms with Crippen LogP contribution in [0.5, 0.6) is 0 Å². The van der Waals surface area contributed by atoms with Gasteiger partial charge in [-0.05, 0) is 37.0 Å². The highest BCUT2D eigenvalue weighted by Gasteiger charge is 2.31. The molecule has 156 valence electrons. The third-order valence-electron chi connectivity index (χ3n) is 5.28. The Morgan fingerprint density at radius 1 is 1.29 bits per heavy atom. The number of nitrogens with zero attached hydrogens (tertiary/aromatic N) is 3.